The fourth-order valence-corrected chi connectivity index (χ4v) is 2.85. The monoisotopic (exact) mass is 407 g/mol. The highest BCUT2D eigenvalue weighted by molar-refractivity contribution is 6.46. The maximum Gasteiger partial charge on any atom is 0.416 e. The molecule has 6 nitrogen and oxygen atoms in total. The predicted molar refractivity (Wildman–Crippen MR) is 102 cm³/mol. The lowest BCUT2D eigenvalue weighted by Crippen LogP contribution is -2.30. The third-order valence-electron chi connectivity index (χ3n) is 4.31. The maximum atomic E-state index is 13.1. The first kappa shape index (κ1) is 21.9. The van der Waals surface area contributed by atoms with Crippen molar-refractivity contribution >= 4 is 17.3 Å². The zero-order chi connectivity index (χ0) is 21.6. The van der Waals surface area contributed by atoms with Gasteiger partial charge in [0, 0.05) is 24.1 Å². The summed E-state index contributed by atoms with van der Waals surface area (Å²) in [5.41, 5.74) is 0.141. The van der Waals surface area contributed by atoms with Crippen molar-refractivity contribution in [2.45, 2.75) is 19.0 Å². The number of carbonyl (C=O) groups is 1. The van der Waals surface area contributed by atoms with Crippen LogP contribution in [0.15, 0.2) is 58.8 Å². The van der Waals surface area contributed by atoms with Gasteiger partial charge in [-0.25, -0.2) is 0 Å². The molecule has 0 aliphatic rings. The van der Waals surface area contributed by atoms with Crippen LogP contribution in [0.5, 0.6) is 0 Å². The molecule has 0 fully saturated rings. The summed E-state index contributed by atoms with van der Waals surface area (Å²) in [4.78, 5) is 17.0. The van der Waals surface area contributed by atoms with Gasteiger partial charge in [0.2, 0.25) is 0 Å². The lowest BCUT2D eigenvalue weighted by atomic mass is 9.87. The second-order valence-corrected chi connectivity index (χ2v) is 6.08. The van der Waals surface area contributed by atoms with Crippen molar-refractivity contribution in [3.05, 3.63) is 70.8 Å². The Kier molecular flexibility index (Phi) is 6.98. The van der Waals surface area contributed by atoms with Crippen LogP contribution in [0.25, 0.3) is 0 Å². The van der Waals surface area contributed by atoms with Gasteiger partial charge in [-0.05, 0) is 11.6 Å². The summed E-state index contributed by atoms with van der Waals surface area (Å²) in [6.45, 7) is 1.61. The van der Waals surface area contributed by atoms with E-state index >= 15 is 0 Å². The number of nitrogens with zero attached hydrogens (tertiary/aromatic N) is 2. The highest BCUT2D eigenvalue weighted by Gasteiger charge is 2.31. The molecule has 29 heavy (non-hydrogen) atoms. The number of hydrogen-bond acceptors (Lipinski definition) is 5. The molecule has 0 bridgehead atoms. The topological polar surface area (TPSA) is 83.3 Å². The van der Waals surface area contributed by atoms with E-state index in [9.17, 15) is 23.2 Å². The third-order valence-corrected chi connectivity index (χ3v) is 4.31. The Morgan fingerprint density at radius 2 is 1.79 bits per heavy atom. The van der Waals surface area contributed by atoms with Crippen LogP contribution in [0.1, 0.15) is 35.1 Å². The molecule has 0 aliphatic heterocycles. The molecule has 0 spiro atoms. The zero-order valence-electron chi connectivity index (χ0n) is 16.0. The van der Waals surface area contributed by atoms with Gasteiger partial charge < -0.3 is 15.4 Å². The van der Waals surface area contributed by atoms with Crippen LogP contribution < -0.4 is 5.32 Å². The molecular weight excluding hydrogens is 387 g/mol. The molecule has 0 aliphatic carbocycles. The van der Waals surface area contributed by atoms with Crippen molar-refractivity contribution in [3.63, 3.8) is 0 Å². The van der Waals surface area contributed by atoms with Gasteiger partial charge in [-0.2, -0.15) is 13.2 Å². The number of rotatable bonds is 6. The van der Waals surface area contributed by atoms with Gasteiger partial charge in [0.25, 0.3) is 5.91 Å². The Morgan fingerprint density at radius 3 is 2.34 bits per heavy atom. The van der Waals surface area contributed by atoms with Crippen molar-refractivity contribution < 1.29 is 28.0 Å². The average molecular weight is 407 g/mol. The Hall–Kier alpha value is -3.36. The Balaban J connectivity index is 2.57. The molecule has 0 heterocycles. The molecule has 9 heteroatoms. The van der Waals surface area contributed by atoms with Crippen LogP contribution >= 0.6 is 0 Å². The van der Waals surface area contributed by atoms with E-state index in [0.717, 1.165) is 12.1 Å². The molecule has 1 amide bonds. The van der Waals surface area contributed by atoms with Crippen molar-refractivity contribution in [2.24, 2.45) is 10.3 Å². The number of oxime groups is 2. The number of alkyl halides is 3. The lowest BCUT2D eigenvalue weighted by molar-refractivity contribution is -0.137. The van der Waals surface area contributed by atoms with Gasteiger partial charge in [0.05, 0.1) is 11.3 Å². The molecule has 2 N–H and O–H groups in total. The molecule has 0 saturated carbocycles. The summed E-state index contributed by atoms with van der Waals surface area (Å²) in [5.74, 6) is -1.25. The third kappa shape index (κ3) is 4.92. The second-order valence-electron chi connectivity index (χ2n) is 6.08. The second kappa shape index (κ2) is 9.22. The van der Waals surface area contributed by atoms with E-state index in [-0.39, 0.29) is 11.4 Å². The van der Waals surface area contributed by atoms with E-state index in [4.69, 9.17) is 4.84 Å². The minimum atomic E-state index is -4.50. The summed E-state index contributed by atoms with van der Waals surface area (Å²) in [6, 6.07) is 11.2. The number of halogens is 3. The average Bonchev–Trinajstić information content (AvgIpc) is 2.72. The van der Waals surface area contributed by atoms with E-state index in [1.165, 1.54) is 26.3 Å². The number of hydrogen-bond donors (Lipinski definition) is 2. The van der Waals surface area contributed by atoms with Gasteiger partial charge >= 0.3 is 6.18 Å². The Bertz CT molecular complexity index is 940. The first-order valence-corrected chi connectivity index (χ1v) is 8.56. The molecule has 2 rings (SSSR count). The molecule has 0 radical (unpaired) electrons. The minimum Gasteiger partial charge on any atom is -0.411 e. The highest BCUT2D eigenvalue weighted by Crippen LogP contribution is 2.32. The smallest absolute Gasteiger partial charge is 0.411 e. The van der Waals surface area contributed by atoms with Crippen molar-refractivity contribution in [2.75, 3.05) is 14.2 Å². The van der Waals surface area contributed by atoms with Gasteiger partial charge in [0.15, 0.2) is 5.71 Å². The quantitative estimate of drug-likeness (QED) is 0.434. The van der Waals surface area contributed by atoms with Crippen LogP contribution in [0.2, 0.25) is 0 Å². The maximum absolute atomic E-state index is 13.1. The van der Waals surface area contributed by atoms with Crippen molar-refractivity contribution in [1.82, 2.24) is 5.32 Å². The molecule has 2 aromatic rings. The number of nitrogens with one attached hydrogen (secondary N) is 1. The van der Waals surface area contributed by atoms with E-state index in [1.54, 1.807) is 31.2 Å². The normalized spacial score (nSPS) is 13.7. The van der Waals surface area contributed by atoms with Crippen LogP contribution in [0.4, 0.5) is 13.2 Å². The molecule has 1 unspecified atom stereocenters. The number of carbonyl (C=O) groups excluding carboxylic acids is 1. The molecule has 2 aromatic carbocycles. The largest absolute Gasteiger partial charge is 0.416 e. The Labute approximate surface area is 165 Å². The molecule has 0 aromatic heterocycles. The van der Waals surface area contributed by atoms with Crippen LogP contribution in [0.3, 0.4) is 0 Å². The van der Waals surface area contributed by atoms with Gasteiger partial charge in [-0.15, -0.1) is 0 Å². The van der Waals surface area contributed by atoms with Gasteiger partial charge in [-0.3, -0.25) is 4.79 Å². The van der Waals surface area contributed by atoms with Crippen molar-refractivity contribution in [1.29, 1.82) is 0 Å². The van der Waals surface area contributed by atoms with E-state index in [0.29, 0.717) is 16.7 Å². The lowest BCUT2D eigenvalue weighted by Gasteiger charge is -2.18. The first-order valence-electron chi connectivity index (χ1n) is 8.56. The van der Waals surface area contributed by atoms with Crippen LogP contribution in [0, 0.1) is 0 Å². The summed E-state index contributed by atoms with van der Waals surface area (Å²) in [5, 5.41) is 19.2. The molecule has 154 valence electrons. The number of benzene rings is 2. The van der Waals surface area contributed by atoms with E-state index in [2.05, 4.69) is 15.6 Å². The first-order chi connectivity index (χ1) is 13.7. The standard InChI is InChI=1S/C20H20F3N3O3/c1-12(13-7-6-8-14(11-13)20(21,22)23)17(25-28)15-9-4-5-10-16(15)18(26-29-3)19(27)24-2/h4-12,28H,1-3H3,(H,24,27)/b25-17-,26-18-. The van der Waals surface area contributed by atoms with Crippen molar-refractivity contribution in [3.8, 4) is 0 Å². The van der Waals surface area contributed by atoms with Gasteiger partial charge in [-0.1, -0.05) is 59.7 Å². The zero-order valence-corrected chi connectivity index (χ0v) is 16.0. The number of amides is 1. The minimum absolute atomic E-state index is 0.0667. The van der Waals surface area contributed by atoms with Crippen LogP contribution in [-0.2, 0) is 15.8 Å². The molecule has 0 saturated heterocycles. The summed E-state index contributed by atoms with van der Waals surface area (Å²) in [7, 11) is 2.69. The van der Waals surface area contributed by atoms with Crippen LogP contribution in [-0.4, -0.2) is 36.7 Å². The SMILES string of the molecule is CNC(=O)/C(=N\OC)c1ccccc1/C(=N\O)C(C)c1cccc(C(F)(F)F)c1. The molecular formula is C20H20F3N3O3. The number of likely N-dealkylation sites (N-methyl/N-ethyl adjacent to an activating group) is 1. The van der Waals surface area contributed by atoms with Gasteiger partial charge in [0.1, 0.15) is 7.11 Å². The van der Waals surface area contributed by atoms with E-state index in [1.807, 2.05) is 0 Å². The Morgan fingerprint density at radius 1 is 1.14 bits per heavy atom. The molecule has 1 atom stereocenters. The fourth-order valence-electron chi connectivity index (χ4n) is 2.85. The highest BCUT2D eigenvalue weighted by atomic mass is 19.4. The summed E-state index contributed by atoms with van der Waals surface area (Å²) >= 11 is 0. The van der Waals surface area contributed by atoms with E-state index < -0.39 is 23.6 Å². The summed E-state index contributed by atoms with van der Waals surface area (Å²) < 4.78 is 39.2. The summed E-state index contributed by atoms with van der Waals surface area (Å²) in [6.07, 6.45) is -4.50. The fraction of sp³-hybridized carbons (Fsp3) is 0.250. The predicted octanol–water partition coefficient (Wildman–Crippen LogP) is 3.78.